The molecule has 1 amide bonds. The van der Waals surface area contributed by atoms with E-state index in [0.717, 1.165) is 0 Å². The van der Waals surface area contributed by atoms with Crippen LogP contribution < -0.4 is 10.9 Å². The molecule has 21 heavy (non-hydrogen) atoms. The summed E-state index contributed by atoms with van der Waals surface area (Å²) in [6.07, 6.45) is -0.260. The minimum Gasteiger partial charge on any atom is -0.506 e. The molecule has 0 unspecified atom stereocenters. The Morgan fingerprint density at radius 3 is 2.67 bits per heavy atom. The number of benzene rings is 1. The molecule has 3 N–H and O–H groups in total. The minimum absolute atomic E-state index is 0.0496. The van der Waals surface area contributed by atoms with E-state index in [-0.39, 0.29) is 34.9 Å². The molecule has 8 heteroatoms. The van der Waals surface area contributed by atoms with Crippen molar-refractivity contribution in [3.05, 3.63) is 39.2 Å². The van der Waals surface area contributed by atoms with Crippen LogP contribution in [-0.2, 0) is 4.79 Å². The van der Waals surface area contributed by atoms with Crippen LogP contribution >= 0.6 is 11.6 Å². The third-order valence-corrected chi connectivity index (χ3v) is 2.97. The molecule has 0 aliphatic heterocycles. The highest BCUT2D eigenvalue weighted by Gasteiger charge is 2.15. The molecule has 110 valence electrons. The van der Waals surface area contributed by atoms with Gasteiger partial charge in [0.2, 0.25) is 0 Å². The molecule has 7 nitrogen and oxygen atoms in total. The van der Waals surface area contributed by atoms with Crippen molar-refractivity contribution in [3.63, 3.8) is 0 Å². The molecule has 0 aliphatic carbocycles. The number of aromatic hydroxyl groups is 1. The van der Waals surface area contributed by atoms with Gasteiger partial charge in [-0.25, -0.2) is 4.79 Å². The predicted octanol–water partition coefficient (Wildman–Crippen LogP) is 1.36. The summed E-state index contributed by atoms with van der Waals surface area (Å²) in [5, 5.41) is 20.6. The first-order chi connectivity index (χ1) is 9.88. The Hall–Kier alpha value is -2.54. The van der Waals surface area contributed by atoms with Gasteiger partial charge in [-0.3, -0.25) is 9.59 Å². The summed E-state index contributed by atoms with van der Waals surface area (Å²) in [4.78, 5) is 33.9. The molecule has 0 saturated heterocycles. The molecule has 0 aliphatic rings. The van der Waals surface area contributed by atoms with E-state index < -0.39 is 17.5 Å². The zero-order valence-electron chi connectivity index (χ0n) is 10.6. The van der Waals surface area contributed by atoms with Crippen molar-refractivity contribution in [1.29, 1.82) is 0 Å². The maximum atomic E-state index is 11.8. The summed E-state index contributed by atoms with van der Waals surface area (Å²) >= 11 is 5.74. The number of carbonyl (C=O) groups is 2. The molecule has 2 rings (SSSR count). The van der Waals surface area contributed by atoms with Gasteiger partial charge in [-0.15, -0.1) is 0 Å². The first kappa shape index (κ1) is 14.9. The number of halogens is 1. The third-order valence-electron chi connectivity index (χ3n) is 2.67. The van der Waals surface area contributed by atoms with Gasteiger partial charge in [-0.05, 0) is 12.1 Å². The van der Waals surface area contributed by atoms with Gasteiger partial charge >= 0.3 is 11.6 Å². The largest absolute Gasteiger partial charge is 0.506 e. The Balaban J connectivity index is 2.34. The van der Waals surface area contributed by atoms with Crippen LogP contribution in [0.25, 0.3) is 11.0 Å². The van der Waals surface area contributed by atoms with E-state index in [9.17, 15) is 19.5 Å². The van der Waals surface area contributed by atoms with E-state index in [1.54, 1.807) is 0 Å². The van der Waals surface area contributed by atoms with Crippen LogP contribution in [0, 0.1) is 0 Å². The number of aliphatic carboxylic acids is 1. The maximum Gasteiger partial charge on any atom is 0.349 e. The van der Waals surface area contributed by atoms with Crippen LogP contribution in [0.3, 0.4) is 0 Å². The third kappa shape index (κ3) is 3.32. The van der Waals surface area contributed by atoms with E-state index in [1.807, 2.05) is 0 Å². The Kier molecular flexibility index (Phi) is 4.13. The van der Waals surface area contributed by atoms with Gasteiger partial charge in [0, 0.05) is 18.0 Å². The van der Waals surface area contributed by atoms with Gasteiger partial charge in [-0.1, -0.05) is 11.6 Å². The van der Waals surface area contributed by atoms with E-state index >= 15 is 0 Å². The fourth-order valence-corrected chi connectivity index (χ4v) is 1.84. The molecular weight excluding hydrogens is 302 g/mol. The molecule has 0 fully saturated rings. The number of carbonyl (C=O) groups excluding carboxylic acids is 1. The second-order valence-electron chi connectivity index (χ2n) is 4.19. The lowest BCUT2D eigenvalue weighted by Crippen LogP contribution is -2.30. The van der Waals surface area contributed by atoms with Crippen LogP contribution in [0.2, 0.25) is 5.02 Å². The van der Waals surface area contributed by atoms with Crippen LogP contribution in [-0.4, -0.2) is 28.6 Å². The first-order valence-electron chi connectivity index (χ1n) is 5.85. The molecule has 1 heterocycles. The number of hydrogen-bond donors (Lipinski definition) is 3. The van der Waals surface area contributed by atoms with Crippen LogP contribution in [0.1, 0.15) is 16.8 Å². The molecular formula is C13H10ClNO6. The lowest BCUT2D eigenvalue weighted by atomic mass is 10.1. The summed E-state index contributed by atoms with van der Waals surface area (Å²) in [5.41, 5.74) is -1.07. The Bertz CT molecular complexity index is 782. The summed E-state index contributed by atoms with van der Waals surface area (Å²) in [6.45, 7) is -0.109. The zero-order valence-corrected chi connectivity index (χ0v) is 11.3. The summed E-state index contributed by atoms with van der Waals surface area (Å²) in [5.74, 6) is -2.05. The fourth-order valence-electron chi connectivity index (χ4n) is 1.66. The van der Waals surface area contributed by atoms with Gasteiger partial charge in [0.25, 0.3) is 5.91 Å². The molecule has 0 saturated carbocycles. The molecule has 0 atom stereocenters. The monoisotopic (exact) mass is 311 g/mol. The van der Waals surface area contributed by atoms with Crippen molar-refractivity contribution in [3.8, 4) is 5.75 Å². The molecule has 0 radical (unpaired) electrons. The van der Waals surface area contributed by atoms with Gasteiger partial charge in [0.15, 0.2) is 0 Å². The minimum atomic E-state index is -1.07. The highest BCUT2D eigenvalue weighted by Crippen LogP contribution is 2.28. The van der Waals surface area contributed by atoms with Crippen molar-refractivity contribution >= 4 is 34.4 Å². The van der Waals surface area contributed by atoms with E-state index in [2.05, 4.69) is 5.32 Å². The highest BCUT2D eigenvalue weighted by atomic mass is 35.5. The topological polar surface area (TPSA) is 117 Å². The fraction of sp³-hybridized carbons (Fsp3) is 0.154. The van der Waals surface area contributed by atoms with Crippen molar-refractivity contribution in [2.45, 2.75) is 6.42 Å². The predicted molar refractivity (Wildman–Crippen MR) is 73.7 cm³/mol. The summed E-state index contributed by atoms with van der Waals surface area (Å²) in [7, 11) is 0. The zero-order chi connectivity index (χ0) is 15.6. The number of carboxylic acids is 1. The van der Waals surface area contributed by atoms with E-state index in [0.29, 0.717) is 5.39 Å². The number of carboxylic acid groups (broad SMARTS) is 1. The van der Waals surface area contributed by atoms with Crippen molar-refractivity contribution < 1.29 is 24.2 Å². The van der Waals surface area contributed by atoms with Crippen LogP contribution in [0.5, 0.6) is 5.75 Å². The number of nitrogens with one attached hydrogen (secondary N) is 1. The van der Waals surface area contributed by atoms with Crippen LogP contribution in [0.4, 0.5) is 0 Å². The average Bonchev–Trinajstić information content (AvgIpc) is 2.39. The van der Waals surface area contributed by atoms with Gasteiger partial charge in [-0.2, -0.15) is 0 Å². The number of amides is 1. The molecule has 1 aromatic carbocycles. The number of phenolic OH excluding ortho intramolecular Hbond substituents is 1. The molecule has 0 bridgehead atoms. The van der Waals surface area contributed by atoms with Crippen LogP contribution in [0.15, 0.2) is 27.4 Å². The molecule has 1 aromatic heterocycles. The second kappa shape index (κ2) is 5.84. The molecule has 2 aromatic rings. The number of hydrogen-bond acceptors (Lipinski definition) is 5. The van der Waals surface area contributed by atoms with E-state index in [1.165, 1.54) is 18.2 Å². The number of fused-ring (bicyclic) bond motifs is 1. The highest BCUT2D eigenvalue weighted by molar-refractivity contribution is 6.32. The molecule has 0 spiro atoms. The summed E-state index contributed by atoms with van der Waals surface area (Å²) < 4.78 is 4.93. The van der Waals surface area contributed by atoms with Crippen molar-refractivity contribution in [2.24, 2.45) is 0 Å². The lowest BCUT2D eigenvalue weighted by molar-refractivity contribution is -0.136. The normalized spacial score (nSPS) is 10.5. The van der Waals surface area contributed by atoms with Gasteiger partial charge in [0.05, 0.1) is 11.4 Å². The van der Waals surface area contributed by atoms with Gasteiger partial charge in [0.1, 0.15) is 16.9 Å². The van der Waals surface area contributed by atoms with Crippen molar-refractivity contribution in [1.82, 2.24) is 5.32 Å². The standard InChI is InChI=1S/C13H10ClNO6/c14-8-4-6-3-7(12(19)15-2-1-11(17)18)13(20)21-10(6)5-9(8)16/h3-5,16H,1-2H2,(H,15,19)(H,17,18). The first-order valence-corrected chi connectivity index (χ1v) is 6.22. The van der Waals surface area contributed by atoms with Crippen molar-refractivity contribution in [2.75, 3.05) is 6.54 Å². The second-order valence-corrected chi connectivity index (χ2v) is 4.60. The Morgan fingerprint density at radius 2 is 2.00 bits per heavy atom. The Morgan fingerprint density at radius 1 is 1.29 bits per heavy atom. The van der Waals surface area contributed by atoms with E-state index in [4.69, 9.17) is 21.1 Å². The number of phenols is 1. The Labute approximate surface area is 122 Å². The van der Waals surface area contributed by atoms with Gasteiger partial charge < -0.3 is 19.9 Å². The summed E-state index contributed by atoms with van der Waals surface area (Å²) in [6, 6.07) is 3.79. The average molecular weight is 312 g/mol. The lowest BCUT2D eigenvalue weighted by Gasteiger charge is -2.05. The number of rotatable bonds is 4. The smallest absolute Gasteiger partial charge is 0.349 e. The SMILES string of the molecule is O=C(O)CCNC(=O)c1cc2cc(Cl)c(O)cc2oc1=O. The quantitative estimate of drug-likeness (QED) is 0.734. The maximum absolute atomic E-state index is 11.8.